The van der Waals surface area contributed by atoms with Gasteiger partial charge in [0.25, 0.3) is 0 Å². The van der Waals surface area contributed by atoms with E-state index in [1.54, 1.807) is 24.3 Å². The van der Waals surface area contributed by atoms with E-state index in [1.807, 2.05) is 0 Å². The van der Waals surface area contributed by atoms with Gasteiger partial charge in [-0.1, -0.05) is 30.3 Å². The van der Waals surface area contributed by atoms with Gasteiger partial charge in [-0.3, -0.25) is 0 Å². The van der Waals surface area contributed by atoms with Crippen molar-refractivity contribution in [3.63, 3.8) is 0 Å². The first-order chi connectivity index (χ1) is 5.18. The summed E-state index contributed by atoms with van der Waals surface area (Å²) >= 11 is 0. The van der Waals surface area contributed by atoms with Crippen molar-refractivity contribution in [3.8, 4) is 0 Å². The van der Waals surface area contributed by atoms with E-state index < -0.39 is 10.7 Å². The van der Waals surface area contributed by atoms with E-state index in [0.717, 1.165) is 5.56 Å². The van der Waals surface area contributed by atoms with Gasteiger partial charge in [-0.25, -0.2) is 8.42 Å². The summed E-state index contributed by atoms with van der Waals surface area (Å²) < 4.78 is 27.6. The van der Waals surface area contributed by atoms with Crippen LogP contribution in [0.25, 0.3) is 0 Å². The van der Waals surface area contributed by atoms with Crippen molar-refractivity contribution in [1.29, 1.82) is 0 Å². The maximum atomic E-state index is 10.2. The van der Waals surface area contributed by atoms with Gasteiger partial charge < -0.3 is 0 Å². The minimum absolute atomic E-state index is 0.0651. The molecule has 0 atom stereocenters. The minimum Gasteiger partial charge on any atom is -0.232 e. The van der Waals surface area contributed by atoms with Crippen molar-refractivity contribution in [3.05, 3.63) is 35.9 Å². The van der Waals surface area contributed by atoms with Gasteiger partial charge in [0.1, 0.15) is 10.7 Å². The number of hydrogen-bond donors (Lipinski definition) is 1. The van der Waals surface area contributed by atoms with E-state index in [-0.39, 0.29) is 5.75 Å². The van der Waals surface area contributed by atoms with Gasteiger partial charge in [0.2, 0.25) is 0 Å². The highest BCUT2D eigenvalue weighted by Crippen LogP contribution is 1.98. The van der Waals surface area contributed by atoms with Crippen LogP contribution < -0.4 is 0 Å². The van der Waals surface area contributed by atoms with Crippen LogP contribution in [0.3, 0.4) is 0 Å². The highest BCUT2D eigenvalue weighted by molar-refractivity contribution is 7.71. The molecule has 0 N–H and O–H groups in total. The van der Waals surface area contributed by atoms with E-state index in [1.165, 1.54) is 0 Å². The fourth-order valence-corrected chi connectivity index (χ4v) is 1.18. The zero-order chi connectivity index (χ0) is 8.27. The second-order valence-electron chi connectivity index (χ2n) is 1.90. The van der Waals surface area contributed by atoms with Crippen LogP contribution >= 0.6 is 0 Å². The third kappa shape index (κ3) is 2.19. The molecule has 0 aromatic heterocycles. The van der Waals surface area contributed by atoms with Crippen molar-refractivity contribution >= 4 is 10.7 Å². The Morgan fingerprint density at radius 1 is 1.40 bits per heavy atom. The lowest BCUT2D eigenvalue weighted by molar-refractivity contribution is 0.614. The molecule has 0 amide bonds. The lowest BCUT2D eigenvalue weighted by atomic mass is 10.2. The molecular weight excluding hydrogens is 148 g/mol. The Labute approximate surface area is 62.9 Å². The maximum absolute atomic E-state index is 10.2. The molecule has 0 unspecified atom stereocenters. The lowest BCUT2D eigenvalue weighted by Gasteiger charge is -1.90. The molecule has 0 heterocycles. The van der Waals surface area contributed by atoms with E-state index >= 15 is 0 Å². The molecule has 0 aliphatic carbocycles. The number of benzene rings is 1. The maximum Gasteiger partial charge on any atom is 0.144 e. The molecule has 0 radical (unpaired) electrons. The summed E-state index contributed by atoms with van der Waals surface area (Å²) in [6.45, 7) is 0. The van der Waals surface area contributed by atoms with Crippen LogP contribution in [0, 0.1) is 0 Å². The molecule has 0 aliphatic rings. The predicted molar refractivity (Wildman–Crippen MR) is 40.5 cm³/mol. The first-order valence-electron chi connectivity index (χ1n) is 3.36. The van der Waals surface area contributed by atoms with Gasteiger partial charge in [-0.05, 0) is 5.56 Å². The molecule has 54 valence electrons. The summed E-state index contributed by atoms with van der Waals surface area (Å²) in [7, 11) is -2.35. The number of hydrogen-bond acceptors (Lipinski definition) is 2. The predicted octanol–water partition coefficient (Wildman–Crippen LogP) is 0.798. The summed E-state index contributed by atoms with van der Waals surface area (Å²) in [5.74, 6) is 0.0651. The first-order valence-corrected chi connectivity index (χ1v) is 4.22. The highest BCUT2D eigenvalue weighted by atomic mass is 32.2. The highest BCUT2D eigenvalue weighted by Gasteiger charge is 1.89. The van der Waals surface area contributed by atoms with Crippen LogP contribution in [-0.4, -0.2) is 8.42 Å². The van der Waals surface area contributed by atoms with E-state index in [2.05, 4.69) is 0 Å². The average molecular weight is 157 g/mol. The second-order valence-corrected chi connectivity index (χ2v) is 2.88. The fraction of sp³-hybridized carbons (Fsp3) is 0.143. The van der Waals surface area contributed by atoms with E-state index in [4.69, 9.17) is 1.37 Å². The van der Waals surface area contributed by atoms with Crippen LogP contribution in [0.1, 0.15) is 6.93 Å². The van der Waals surface area contributed by atoms with Gasteiger partial charge in [0.15, 0.2) is 0 Å². The van der Waals surface area contributed by atoms with Gasteiger partial charge in [-0.15, -0.1) is 0 Å². The Hall–Kier alpha value is -0.830. The lowest BCUT2D eigenvalue weighted by Crippen LogP contribution is -1.83. The van der Waals surface area contributed by atoms with Crippen molar-refractivity contribution in [2.24, 2.45) is 0 Å². The van der Waals surface area contributed by atoms with Crippen molar-refractivity contribution in [2.75, 3.05) is 0 Å². The van der Waals surface area contributed by atoms with Crippen LogP contribution in [0.5, 0.6) is 0 Å². The first kappa shape index (κ1) is 5.92. The molecule has 0 saturated carbocycles. The molecular formula is C7H8O2S. The average Bonchev–Trinajstić information content (AvgIpc) is 1.93. The molecule has 0 saturated heterocycles. The Bertz CT molecular complexity index is 295. The summed E-state index contributed by atoms with van der Waals surface area (Å²) in [5.41, 5.74) is 0.733. The zero-order valence-corrected chi connectivity index (χ0v) is 6.17. The van der Waals surface area contributed by atoms with Crippen LogP contribution in [0.4, 0.5) is 0 Å². The van der Waals surface area contributed by atoms with E-state index in [9.17, 15) is 8.42 Å². The Morgan fingerprint density at radius 2 is 2.00 bits per heavy atom. The minimum atomic E-state index is -2.35. The van der Waals surface area contributed by atoms with E-state index in [0.29, 0.717) is 6.04 Å². The van der Waals surface area contributed by atoms with Crippen LogP contribution in [0.15, 0.2) is 30.3 Å². The van der Waals surface area contributed by atoms with Gasteiger partial charge in [-0.2, -0.15) is 0 Å². The topological polar surface area (TPSA) is 34.1 Å². The van der Waals surface area contributed by atoms with Gasteiger partial charge in [0.05, 0.1) is 7.12 Å². The number of thiol groups is 1. The smallest absolute Gasteiger partial charge is 0.144 e. The summed E-state index contributed by atoms with van der Waals surface area (Å²) in [6, 6.07) is 6.85. The standard InChI is InChI=1S/C7H8O2S/c8-10(9)6-7-4-2-1-3-5-7/h1-5,10H,6H2/i1D. The normalized spacial score (nSPS) is 11.5. The molecule has 10 heavy (non-hydrogen) atoms. The van der Waals surface area contributed by atoms with Gasteiger partial charge in [0, 0.05) is 0 Å². The number of rotatable bonds is 2. The Kier molecular flexibility index (Phi) is 1.99. The van der Waals surface area contributed by atoms with Crippen molar-refractivity contribution in [2.45, 2.75) is 5.75 Å². The summed E-state index contributed by atoms with van der Waals surface area (Å²) in [6.07, 6.45) is 0. The molecule has 1 rings (SSSR count). The summed E-state index contributed by atoms with van der Waals surface area (Å²) in [5, 5.41) is 0. The molecule has 1 aromatic carbocycles. The molecule has 1 aromatic rings. The molecule has 0 spiro atoms. The molecule has 0 bridgehead atoms. The monoisotopic (exact) mass is 157 g/mol. The third-order valence-electron chi connectivity index (χ3n) is 1.10. The Balaban J connectivity index is 2.82. The molecule has 3 heteroatoms. The second kappa shape index (κ2) is 3.37. The molecule has 0 aliphatic heterocycles. The SMILES string of the molecule is [2H]c1ccc(C[SH](=O)=O)cc1. The largest absolute Gasteiger partial charge is 0.232 e. The third-order valence-corrected chi connectivity index (χ3v) is 1.72. The quantitative estimate of drug-likeness (QED) is 0.644. The molecule has 2 nitrogen and oxygen atoms in total. The summed E-state index contributed by atoms with van der Waals surface area (Å²) in [4.78, 5) is 0. The molecule has 0 fully saturated rings. The van der Waals surface area contributed by atoms with Gasteiger partial charge >= 0.3 is 0 Å². The fourth-order valence-electron chi connectivity index (χ4n) is 0.676. The Morgan fingerprint density at radius 3 is 2.50 bits per heavy atom. The van der Waals surface area contributed by atoms with Crippen molar-refractivity contribution in [1.82, 2.24) is 0 Å². The van der Waals surface area contributed by atoms with Crippen molar-refractivity contribution < 1.29 is 9.79 Å². The van der Waals surface area contributed by atoms with Crippen LogP contribution in [0.2, 0.25) is 0 Å². The zero-order valence-electron chi connectivity index (χ0n) is 6.28. The van der Waals surface area contributed by atoms with Crippen LogP contribution in [-0.2, 0) is 16.5 Å².